The van der Waals surface area contributed by atoms with Crippen LogP contribution in [0.15, 0.2) is 23.6 Å². The van der Waals surface area contributed by atoms with E-state index in [9.17, 15) is 9.18 Å². The van der Waals surface area contributed by atoms with E-state index in [1.54, 1.807) is 4.90 Å². The zero-order valence-corrected chi connectivity index (χ0v) is 11.7. The Hall–Kier alpha value is -2.22. The highest BCUT2D eigenvalue weighted by atomic mass is 19.1. The van der Waals surface area contributed by atoms with Crippen molar-refractivity contribution in [2.75, 3.05) is 26.2 Å². The van der Waals surface area contributed by atoms with Gasteiger partial charge < -0.3 is 15.8 Å². The minimum Gasteiger partial charge on any atom is -0.409 e. The SMILES string of the molecule is CC(C(N)=NO)N1CCN(C(=O)c2ccncc2F)CC1. The summed E-state index contributed by atoms with van der Waals surface area (Å²) in [7, 11) is 0. The zero-order chi connectivity index (χ0) is 15.4. The summed E-state index contributed by atoms with van der Waals surface area (Å²) >= 11 is 0. The number of pyridine rings is 1. The van der Waals surface area contributed by atoms with E-state index in [-0.39, 0.29) is 23.3 Å². The summed E-state index contributed by atoms with van der Waals surface area (Å²) in [5, 5.41) is 11.7. The van der Waals surface area contributed by atoms with Crippen molar-refractivity contribution in [1.82, 2.24) is 14.8 Å². The van der Waals surface area contributed by atoms with Crippen molar-refractivity contribution in [3.63, 3.8) is 0 Å². The number of aromatic nitrogens is 1. The van der Waals surface area contributed by atoms with Crippen molar-refractivity contribution in [2.24, 2.45) is 10.9 Å². The van der Waals surface area contributed by atoms with Crippen LogP contribution in [0.2, 0.25) is 0 Å². The molecule has 0 saturated carbocycles. The fourth-order valence-corrected chi connectivity index (χ4v) is 2.30. The van der Waals surface area contributed by atoms with Crippen molar-refractivity contribution in [3.8, 4) is 0 Å². The minimum atomic E-state index is -0.616. The molecule has 0 aliphatic carbocycles. The monoisotopic (exact) mass is 295 g/mol. The standard InChI is InChI=1S/C13H18FN5O2/c1-9(12(15)17-21)18-4-6-19(7-5-18)13(20)10-2-3-16-8-11(10)14/h2-3,8-9,21H,4-7H2,1H3,(H2,15,17). The fraction of sp³-hybridized carbons (Fsp3) is 0.462. The lowest BCUT2D eigenvalue weighted by Crippen LogP contribution is -2.54. The van der Waals surface area contributed by atoms with Gasteiger partial charge in [0.15, 0.2) is 11.7 Å². The molecule has 7 nitrogen and oxygen atoms in total. The van der Waals surface area contributed by atoms with Crippen LogP contribution in [-0.4, -0.2) is 64.0 Å². The second-order valence-electron chi connectivity index (χ2n) is 4.88. The summed E-state index contributed by atoms with van der Waals surface area (Å²) in [5.74, 6) is -0.823. The molecule has 0 bridgehead atoms. The smallest absolute Gasteiger partial charge is 0.257 e. The Balaban J connectivity index is 1.98. The molecule has 1 aromatic heterocycles. The summed E-state index contributed by atoms with van der Waals surface area (Å²) in [4.78, 5) is 19.5. The average molecular weight is 295 g/mol. The molecule has 0 spiro atoms. The number of hydrogen-bond acceptors (Lipinski definition) is 5. The highest BCUT2D eigenvalue weighted by Gasteiger charge is 2.27. The van der Waals surface area contributed by atoms with Crippen molar-refractivity contribution < 1.29 is 14.4 Å². The van der Waals surface area contributed by atoms with Gasteiger partial charge in [-0.25, -0.2) is 4.39 Å². The number of piperazine rings is 1. The van der Waals surface area contributed by atoms with E-state index >= 15 is 0 Å². The predicted octanol–water partition coefficient (Wildman–Crippen LogP) is 0.113. The Morgan fingerprint density at radius 3 is 2.71 bits per heavy atom. The summed E-state index contributed by atoms with van der Waals surface area (Å²) in [5.41, 5.74) is 5.60. The summed E-state index contributed by atoms with van der Waals surface area (Å²) in [6, 6.07) is 1.17. The minimum absolute atomic E-state index is 0.0305. The molecule has 3 N–H and O–H groups in total. The molecule has 1 atom stereocenters. The topological polar surface area (TPSA) is 95.0 Å². The first-order valence-electron chi connectivity index (χ1n) is 6.65. The van der Waals surface area contributed by atoms with Gasteiger partial charge in [-0.15, -0.1) is 0 Å². The van der Waals surface area contributed by atoms with E-state index in [4.69, 9.17) is 10.9 Å². The van der Waals surface area contributed by atoms with Crippen molar-refractivity contribution in [2.45, 2.75) is 13.0 Å². The fourth-order valence-electron chi connectivity index (χ4n) is 2.30. The Morgan fingerprint density at radius 2 is 2.14 bits per heavy atom. The van der Waals surface area contributed by atoms with Crippen LogP contribution in [0.3, 0.4) is 0 Å². The van der Waals surface area contributed by atoms with Gasteiger partial charge in [0.2, 0.25) is 0 Å². The molecule has 1 aromatic rings. The Bertz CT molecular complexity index is 543. The Kier molecular flexibility index (Phi) is 4.69. The molecular weight excluding hydrogens is 277 g/mol. The molecule has 0 radical (unpaired) electrons. The number of nitrogens with zero attached hydrogens (tertiary/aromatic N) is 4. The van der Waals surface area contributed by atoms with Crippen LogP contribution < -0.4 is 5.73 Å². The number of oxime groups is 1. The lowest BCUT2D eigenvalue weighted by atomic mass is 10.1. The molecule has 2 heterocycles. The Labute approximate surface area is 121 Å². The number of amides is 1. The number of halogens is 1. The second-order valence-corrected chi connectivity index (χ2v) is 4.88. The number of carbonyl (C=O) groups is 1. The summed E-state index contributed by atoms with van der Waals surface area (Å²) in [6.45, 7) is 3.91. The largest absolute Gasteiger partial charge is 0.409 e. The van der Waals surface area contributed by atoms with Gasteiger partial charge in [-0.3, -0.25) is 14.7 Å². The van der Waals surface area contributed by atoms with Crippen LogP contribution in [0.4, 0.5) is 4.39 Å². The number of rotatable bonds is 3. The predicted molar refractivity (Wildman–Crippen MR) is 74.5 cm³/mol. The molecule has 1 aliphatic heterocycles. The molecule has 1 amide bonds. The third-order valence-electron chi connectivity index (χ3n) is 3.70. The molecule has 114 valence electrons. The normalized spacial score (nSPS) is 18.6. The van der Waals surface area contributed by atoms with Crippen molar-refractivity contribution in [1.29, 1.82) is 0 Å². The molecule has 8 heteroatoms. The van der Waals surface area contributed by atoms with Gasteiger partial charge in [0.1, 0.15) is 0 Å². The number of hydrogen-bond donors (Lipinski definition) is 2. The van der Waals surface area contributed by atoms with Crippen LogP contribution in [-0.2, 0) is 0 Å². The van der Waals surface area contributed by atoms with Crippen LogP contribution >= 0.6 is 0 Å². The first-order chi connectivity index (χ1) is 10.0. The molecule has 1 saturated heterocycles. The second kappa shape index (κ2) is 6.49. The van der Waals surface area contributed by atoms with E-state index in [1.165, 1.54) is 12.3 Å². The third-order valence-corrected chi connectivity index (χ3v) is 3.70. The maximum atomic E-state index is 13.6. The van der Waals surface area contributed by atoms with Crippen molar-refractivity contribution in [3.05, 3.63) is 29.8 Å². The van der Waals surface area contributed by atoms with Gasteiger partial charge in [-0.2, -0.15) is 0 Å². The average Bonchev–Trinajstić information content (AvgIpc) is 2.53. The number of nitrogens with two attached hydrogens (primary N) is 1. The van der Waals surface area contributed by atoms with Crippen LogP contribution in [0.25, 0.3) is 0 Å². The first-order valence-corrected chi connectivity index (χ1v) is 6.65. The van der Waals surface area contributed by atoms with Gasteiger partial charge >= 0.3 is 0 Å². The zero-order valence-electron chi connectivity index (χ0n) is 11.7. The highest BCUT2D eigenvalue weighted by molar-refractivity contribution is 5.94. The first kappa shape index (κ1) is 15.2. The van der Waals surface area contributed by atoms with Gasteiger partial charge in [-0.05, 0) is 13.0 Å². The molecule has 2 rings (SSSR count). The van der Waals surface area contributed by atoms with E-state index in [2.05, 4.69) is 10.1 Å². The quantitative estimate of drug-likeness (QED) is 0.357. The number of carbonyl (C=O) groups excluding carboxylic acids is 1. The molecule has 21 heavy (non-hydrogen) atoms. The van der Waals surface area contributed by atoms with Crippen LogP contribution in [0.1, 0.15) is 17.3 Å². The van der Waals surface area contributed by atoms with Crippen LogP contribution in [0, 0.1) is 5.82 Å². The van der Waals surface area contributed by atoms with Gasteiger partial charge in [0.25, 0.3) is 5.91 Å². The van der Waals surface area contributed by atoms with E-state index in [0.29, 0.717) is 26.2 Å². The highest BCUT2D eigenvalue weighted by Crippen LogP contribution is 2.12. The van der Waals surface area contributed by atoms with E-state index in [1.807, 2.05) is 11.8 Å². The Morgan fingerprint density at radius 1 is 1.48 bits per heavy atom. The molecular formula is C13H18FN5O2. The van der Waals surface area contributed by atoms with Gasteiger partial charge in [0, 0.05) is 32.4 Å². The summed E-state index contributed by atoms with van der Waals surface area (Å²) < 4.78 is 13.6. The summed E-state index contributed by atoms with van der Waals surface area (Å²) in [6.07, 6.45) is 2.43. The molecule has 1 fully saturated rings. The molecule has 0 aromatic carbocycles. The maximum absolute atomic E-state index is 13.6. The lowest BCUT2D eigenvalue weighted by molar-refractivity contribution is 0.0614. The molecule has 1 unspecified atom stereocenters. The van der Waals surface area contributed by atoms with E-state index < -0.39 is 5.82 Å². The maximum Gasteiger partial charge on any atom is 0.257 e. The third kappa shape index (κ3) is 3.27. The lowest BCUT2D eigenvalue weighted by Gasteiger charge is -2.37. The van der Waals surface area contributed by atoms with Crippen molar-refractivity contribution >= 4 is 11.7 Å². The van der Waals surface area contributed by atoms with Gasteiger partial charge in [0.05, 0.1) is 17.8 Å². The number of amidine groups is 1. The van der Waals surface area contributed by atoms with Gasteiger partial charge in [-0.1, -0.05) is 5.16 Å². The van der Waals surface area contributed by atoms with E-state index in [0.717, 1.165) is 6.20 Å². The van der Waals surface area contributed by atoms with Crippen LogP contribution in [0.5, 0.6) is 0 Å². The molecule has 1 aliphatic rings.